The van der Waals surface area contributed by atoms with Crippen LogP contribution in [-0.2, 0) is 9.59 Å². The van der Waals surface area contributed by atoms with E-state index in [4.69, 9.17) is 33.7 Å². The van der Waals surface area contributed by atoms with Crippen LogP contribution in [0.3, 0.4) is 0 Å². The van der Waals surface area contributed by atoms with Crippen LogP contribution < -0.4 is 10.5 Å². The molecule has 2 amide bonds. The first-order valence-electron chi connectivity index (χ1n) is 6.61. The number of halogens is 2. The summed E-state index contributed by atoms with van der Waals surface area (Å²) in [5.74, 6) is -0.115. The molecule has 0 radical (unpaired) electrons. The molecule has 114 valence electrons. The van der Waals surface area contributed by atoms with Gasteiger partial charge in [0.1, 0.15) is 5.75 Å². The van der Waals surface area contributed by atoms with Crippen molar-refractivity contribution in [1.82, 2.24) is 4.90 Å². The van der Waals surface area contributed by atoms with Crippen molar-refractivity contribution in [3.8, 4) is 5.75 Å². The molecule has 0 atom stereocenters. The Balaban J connectivity index is 1.84. The molecule has 1 fully saturated rings. The van der Waals surface area contributed by atoms with Gasteiger partial charge in [-0.05, 0) is 31.0 Å². The SMILES string of the molecule is NC(=O)C1CCN(C(=O)COc2cc(Cl)cc(Cl)c2)CC1. The van der Waals surface area contributed by atoms with E-state index in [-0.39, 0.29) is 24.3 Å². The van der Waals surface area contributed by atoms with Crippen LogP contribution >= 0.6 is 23.2 Å². The lowest BCUT2D eigenvalue weighted by Gasteiger charge is -2.30. The highest BCUT2D eigenvalue weighted by Gasteiger charge is 2.25. The minimum absolute atomic E-state index is 0.0854. The summed E-state index contributed by atoms with van der Waals surface area (Å²) in [5.41, 5.74) is 5.26. The monoisotopic (exact) mass is 330 g/mol. The Morgan fingerprint density at radius 2 is 1.76 bits per heavy atom. The largest absolute Gasteiger partial charge is 0.484 e. The fraction of sp³-hybridized carbons (Fsp3) is 0.429. The third-order valence-electron chi connectivity index (χ3n) is 3.45. The summed E-state index contributed by atoms with van der Waals surface area (Å²) in [6.45, 7) is 0.954. The maximum atomic E-state index is 12.0. The molecule has 0 unspecified atom stereocenters. The van der Waals surface area contributed by atoms with Crippen molar-refractivity contribution >= 4 is 35.0 Å². The molecule has 1 saturated heterocycles. The van der Waals surface area contributed by atoms with Crippen molar-refractivity contribution in [2.24, 2.45) is 11.7 Å². The summed E-state index contributed by atoms with van der Waals surface area (Å²) >= 11 is 11.7. The van der Waals surface area contributed by atoms with E-state index < -0.39 is 0 Å². The second-order valence-electron chi connectivity index (χ2n) is 4.95. The van der Waals surface area contributed by atoms with Crippen molar-refractivity contribution in [2.45, 2.75) is 12.8 Å². The Labute approximate surface area is 132 Å². The molecule has 1 heterocycles. The molecule has 1 aromatic carbocycles. The van der Waals surface area contributed by atoms with E-state index in [1.807, 2.05) is 0 Å². The number of hydrogen-bond donors (Lipinski definition) is 1. The predicted molar refractivity (Wildman–Crippen MR) is 80.5 cm³/mol. The van der Waals surface area contributed by atoms with Crippen LogP contribution in [0, 0.1) is 5.92 Å². The third kappa shape index (κ3) is 4.51. The number of nitrogens with two attached hydrogens (primary N) is 1. The van der Waals surface area contributed by atoms with Crippen LogP contribution in [0.2, 0.25) is 10.0 Å². The van der Waals surface area contributed by atoms with Gasteiger partial charge >= 0.3 is 0 Å². The van der Waals surface area contributed by atoms with E-state index in [0.29, 0.717) is 41.7 Å². The number of rotatable bonds is 4. The highest BCUT2D eigenvalue weighted by molar-refractivity contribution is 6.34. The first kappa shape index (κ1) is 15.9. The van der Waals surface area contributed by atoms with Gasteiger partial charge in [-0.1, -0.05) is 23.2 Å². The normalized spacial score (nSPS) is 15.8. The first-order valence-corrected chi connectivity index (χ1v) is 7.37. The number of primary amides is 1. The lowest BCUT2D eigenvalue weighted by atomic mass is 9.96. The van der Waals surface area contributed by atoms with Crippen LogP contribution in [0.15, 0.2) is 18.2 Å². The standard InChI is InChI=1S/C14H16Cl2N2O3/c15-10-5-11(16)7-12(6-10)21-8-13(19)18-3-1-9(2-4-18)14(17)20/h5-7,9H,1-4,8H2,(H2,17,20). The van der Waals surface area contributed by atoms with Crippen molar-refractivity contribution < 1.29 is 14.3 Å². The van der Waals surface area contributed by atoms with Gasteiger partial charge in [-0.2, -0.15) is 0 Å². The molecule has 0 spiro atoms. The van der Waals surface area contributed by atoms with Gasteiger partial charge < -0.3 is 15.4 Å². The number of hydrogen-bond acceptors (Lipinski definition) is 3. The fourth-order valence-electron chi connectivity index (χ4n) is 2.26. The average molecular weight is 331 g/mol. The van der Waals surface area contributed by atoms with Crippen molar-refractivity contribution in [3.05, 3.63) is 28.2 Å². The number of benzene rings is 1. The molecular weight excluding hydrogens is 315 g/mol. The van der Waals surface area contributed by atoms with Gasteiger partial charge in [0, 0.05) is 29.1 Å². The van der Waals surface area contributed by atoms with Crippen LogP contribution in [-0.4, -0.2) is 36.4 Å². The molecule has 1 aromatic rings. The molecule has 2 N–H and O–H groups in total. The number of ether oxygens (including phenoxy) is 1. The zero-order valence-corrected chi connectivity index (χ0v) is 12.9. The van der Waals surface area contributed by atoms with Crippen molar-refractivity contribution in [3.63, 3.8) is 0 Å². The maximum absolute atomic E-state index is 12.0. The van der Waals surface area contributed by atoms with E-state index >= 15 is 0 Å². The first-order chi connectivity index (χ1) is 9.95. The molecule has 1 aliphatic heterocycles. The molecule has 7 heteroatoms. The number of likely N-dealkylation sites (tertiary alicyclic amines) is 1. The van der Waals surface area contributed by atoms with Gasteiger partial charge in [-0.25, -0.2) is 0 Å². The van der Waals surface area contributed by atoms with Crippen LogP contribution in [0.1, 0.15) is 12.8 Å². The summed E-state index contributed by atoms with van der Waals surface area (Å²) in [6, 6.07) is 4.78. The molecule has 21 heavy (non-hydrogen) atoms. The molecule has 0 aromatic heterocycles. The Kier molecular flexibility index (Phi) is 5.31. The molecule has 5 nitrogen and oxygen atoms in total. The topological polar surface area (TPSA) is 72.6 Å². The summed E-state index contributed by atoms with van der Waals surface area (Å²) < 4.78 is 5.41. The summed E-state index contributed by atoms with van der Waals surface area (Å²) in [4.78, 5) is 24.8. The lowest BCUT2D eigenvalue weighted by Crippen LogP contribution is -2.43. The third-order valence-corrected chi connectivity index (χ3v) is 3.88. The van der Waals surface area contributed by atoms with Gasteiger partial charge in [0.15, 0.2) is 6.61 Å². The molecule has 0 aliphatic carbocycles. The minimum atomic E-state index is -0.299. The molecule has 2 rings (SSSR count). The van der Waals surface area contributed by atoms with Crippen molar-refractivity contribution in [1.29, 1.82) is 0 Å². The van der Waals surface area contributed by atoms with Gasteiger partial charge in [0.25, 0.3) is 5.91 Å². The Hall–Kier alpha value is -1.46. The van der Waals surface area contributed by atoms with Crippen LogP contribution in [0.25, 0.3) is 0 Å². The minimum Gasteiger partial charge on any atom is -0.484 e. The van der Waals surface area contributed by atoms with E-state index in [2.05, 4.69) is 0 Å². The summed E-state index contributed by atoms with van der Waals surface area (Å²) in [5, 5.41) is 0.902. The zero-order valence-electron chi connectivity index (χ0n) is 11.4. The molecule has 0 bridgehead atoms. The smallest absolute Gasteiger partial charge is 0.260 e. The number of nitrogens with zero attached hydrogens (tertiary/aromatic N) is 1. The zero-order chi connectivity index (χ0) is 15.4. The van der Waals surface area contributed by atoms with Gasteiger partial charge in [-0.3, -0.25) is 9.59 Å². The molecule has 0 saturated carbocycles. The summed E-state index contributed by atoms with van der Waals surface area (Å²) in [6.07, 6.45) is 1.20. The predicted octanol–water partition coefficient (Wildman–Crippen LogP) is 2.10. The highest BCUT2D eigenvalue weighted by atomic mass is 35.5. The van der Waals surface area contributed by atoms with Crippen LogP contribution in [0.5, 0.6) is 5.75 Å². The lowest BCUT2D eigenvalue weighted by molar-refractivity contribution is -0.136. The average Bonchev–Trinajstić information content (AvgIpc) is 2.44. The number of amides is 2. The van der Waals surface area contributed by atoms with E-state index in [1.165, 1.54) is 0 Å². The van der Waals surface area contributed by atoms with E-state index in [9.17, 15) is 9.59 Å². The number of carbonyl (C=O) groups excluding carboxylic acids is 2. The van der Waals surface area contributed by atoms with E-state index in [1.54, 1.807) is 23.1 Å². The fourth-order valence-corrected chi connectivity index (χ4v) is 2.77. The van der Waals surface area contributed by atoms with Gasteiger partial charge in [-0.15, -0.1) is 0 Å². The Morgan fingerprint density at radius 3 is 2.29 bits per heavy atom. The van der Waals surface area contributed by atoms with Crippen LogP contribution in [0.4, 0.5) is 0 Å². The second kappa shape index (κ2) is 7.00. The maximum Gasteiger partial charge on any atom is 0.260 e. The van der Waals surface area contributed by atoms with E-state index in [0.717, 1.165) is 0 Å². The Bertz CT molecular complexity index is 523. The second-order valence-corrected chi connectivity index (χ2v) is 5.82. The molecule has 1 aliphatic rings. The van der Waals surface area contributed by atoms with Crippen molar-refractivity contribution in [2.75, 3.05) is 19.7 Å². The summed E-state index contributed by atoms with van der Waals surface area (Å²) in [7, 11) is 0. The number of carbonyl (C=O) groups is 2. The molecular formula is C14H16Cl2N2O3. The highest BCUT2D eigenvalue weighted by Crippen LogP contribution is 2.24. The van der Waals surface area contributed by atoms with Gasteiger partial charge in [0.2, 0.25) is 5.91 Å². The number of piperidine rings is 1. The van der Waals surface area contributed by atoms with Gasteiger partial charge in [0.05, 0.1) is 0 Å². The quantitative estimate of drug-likeness (QED) is 0.918. The Morgan fingerprint density at radius 1 is 1.19 bits per heavy atom.